The molecule has 0 saturated heterocycles. The molecule has 2 aromatic carbocycles. The van der Waals surface area contributed by atoms with Crippen LogP contribution >= 0.6 is 0 Å². The van der Waals surface area contributed by atoms with Crippen molar-refractivity contribution in [3.8, 4) is 11.5 Å². The van der Waals surface area contributed by atoms with Crippen LogP contribution in [0.1, 0.15) is 30.5 Å². The quantitative estimate of drug-likeness (QED) is 0.298. The average Bonchev–Trinajstić information content (AvgIpc) is 2.72. The molecule has 30 heavy (non-hydrogen) atoms. The minimum absolute atomic E-state index is 0.125. The van der Waals surface area contributed by atoms with Gasteiger partial charge in [0.15, 0.2) is 0 Å². The Hall–Kier alpha value is -2.60. The van der Waals surface area contributed by atoms with Crippen molar-refractivity contribution in [1.82, 2.24) is 0 Å². The highest BCUT2D eigenvalue weighted by Gasteiger charge is 2.33. The van der Waals surface area contributed by atoms with Gasteiger partial charge in [0, 0.05) is 10.6 Å². The number of aryl methyl sites for hydroxylation is 2. The molecule has 0 aliphatic heterocycles. The molecule has 0 unspecified atom stereocenters. The second kappa shape index (κ2) is 9.94. The monoisotopic (exact) mass is 431 g/mol. The van der Waals surface area contributed by atoms with Gasteiger partial charge in [-0.05, 0) is 77.0 Å². The Balaban J connectivity index is 2.24. The first-order valence-corrected chi connectivity index (χ1v) is 12.7. The minimum Gasteiger partial charge on any atom is -0.490 e. The lowest BCUT2D eigenvalue weighted by atomic mass is 10.1. The number of benzene rings is 2. The van der Waals surface area contributed by atoms with Crippen LogP contribution in [0, 0.1) is 13.8 Å². The molecule has 2 rings (SSSR count). The SMILES string of the molecule is C/C=C/COc1cc(C)c(OCS(C)(=O)(CC)c2ccc(C=NOC)cc2)c(C)c1. The molecule has 5 nitrogen and oxygen atoms in total. The largest absolute Gasteiger partial charge is 0.490 e. The Labute approximate surface area is 180 Å². The number of hydrogen-bond acceptors (Lipinski definition) is 5. The number of rotatable bonds is 10. The highest BCUT2D eigenvalue weighted by atomic mass is 32.3. The van der Waals surface area contributed by atoms with E-state index in [1.807, 2.05) is 82.5 Å². The Bertz CT molecular complexity index is 956. The van der Waals surface area contributed by atoms with Crippen LogP contribution in [0.4, 0.5) is 0 Å². The molecule has 0 aliphatic rings. The summed E-state index contributed by atoms with van der Waals surface area (Å²) in [7, 11) is -1.71. The molecule has 0 saturated carbocycles. The van der Waals surface area contributed by atoms with E-state index in [2.05, 4.69) is 5.16 Å². The number of allylic oxidation sites excluding steroid dienone is 1. The van der Waals surface area contributed by atoms with Crippen LogP contribution in [0.25, 0.3) is 0 Å². The zero-order valence-corrected chi connectivity index (χ0v) is 19.6. The molecule has 0 amide bonds. The van der Waals surface area contributed by atoms with E-state index in [0.717, 1.165) is 33.1 Å². The molecule has 0 heterocycles. The van der Waals surface area contributed by atoms with E-state index in [-0.39, 0.29) is 5.94 Å². The van der Waals surface area contributed by atoms with Gasteiger partial charge < -0.3 is 14.3 Å². The summed E-state index contributed by atoms with van der Waals surface area (Å²) in [5.74, 6) is 2.17. The summed E-state index contributed by atoms with van der Waals surface area (Å²) >= 11 is 0. The fourth-order valence-electron chi connectivity index (χ4n) is 3.04. The van der Waals surface area contributed by atoms with Gasteiger partial charge >= 0.3 is 0 Å². The van der Waals surface area contributed by atoms with Crippen LogP contribution in [0.5, 0.6) is 11.5 Å². The van der Waals surface area contributed by atoms with Gasteiger partial charge in [-0.25, -0.2) is 0 Å². The van der Waals surface area contributed by atoms with Gasteiger partial charge in [-0.15, -0.1) is 0 Å². The summed E-state index contributed by atoms with van der Waals surface area (Å²) < 4.78 is 26.0. The van der Waals surface area contributed by atoms with Crippen LogP contribution in [-0.4, -0.2) is 42.1 Å². The summed E-state index contributed by atoms with van der Waals surface area (Å²) in [6.45, 7) is 8.39. The first kappa shape index (κ1) is 23.7. The standard InChI is InChI=1S/C24H33NO4S/c1-7-9-14-28-22-15-19(3)24(20(4)16-22)29-18-30(6,26,8-2)23-12-10-21(11-13-23)17-25-27-5/h7,9-13,15-17H,8,14,18H2,1-6H3/b9-7+,25-17?. The molecule has 0 bridgehead atoms. The fraction of sp³-hybridized carbons (Fsp3) is 0.375. The highest BCUT2D eigenvalue weighted by molar-refractivity contribution is 8.19. The lowest BCUT2D eigenvalue weighted by Gasteiger charge is -2.37. The van der Waals surface area contributed by atoms with Gasteiger partial charge in [0.1, 0.15) is 31.2 Å². The smallest absolute Gasteiger partial charge is 0.147 e. The first-order valence-electron chi connectivity index (χ1n) is 9.98. The molecule has 6 heteroatoms. The summed E-state index contributed by atoms with van der Waals surface area (Å²) in [4.78, 5) is 5.50. The third-order valence-corrected chi connectivity index (χ3v) is 8.98. The summed E-state index contributed by atoms with van der Waals surface area (Å²) in [6, 6.07) is 11.5. The van der Waals surface area contributed by atoms with Crippen LogP contribution in [0.15, 0.2) is 58.6 Å². The molecule has 0 spiro atoms. The number of nitrogens with zero attached hydrogens (tertiary/aromatic N) is 1. The lowest BCUT2D eigenvalue weighted by Crippen LogP contribution is -2.40. The van der Waals surface area contributed by atoms with Crippen LogP contribution in [0.3, 0.4) is 0 Å². The zero-order chi connectivity index (χ0) is 22.2. The number of ether oxygens (including phenoxy) is 2. The van der Waals surface area contributed by atoms with E-state index >= 15 is 0 Å². The molecule has 0 atom stereocenters. The Kier molecular flexibility index (Phi) is 7.84. The summed E-state index contributed by atoms with van der Waals surface area (Å²) in [5.41, 5.74) is 2.80. The lowest BCUT2D eigenvalue weighted by molar-refractivity contribution is 0.215. The second-order valence-electron chi connectivity index (χ2n) is 7.56. The van der Waals surface area contributed by atoms with Gasteiger partial charge in [0.05, 0.1) is 6.21 Å². The van der Waals surface area contributed by atoms with E-state index < -0.39 is 9.07 Å². The molecule has 0 aliphatic carbocycles. The van der Waals surface area contributed by atoms with Gasteiger partial charge in [-0.3, -0.25) is 4.21 Å². The predicted molar refractivity (Wildman–Crippen MR) is 126 cm³/mol. The maximum Gasteiger partial charge on any atom is 0.147 e. The van der Waals surface area contributed by atoms with Crippen molar-refractivity contribution in [2.45, 2.75) is 32.6 Å². The van der Waals surface area contributed by atoms with E-state index in [4.69, 9.17) is 14.3 Å². The fourth-order valence-corrected chi connectivity index (χ4v) is 5.01. The Morgan fingerprint density at radius 3 is 2.23 bits per heavy atom. The molecular weight excluding hydrogens is 398 g/mol. The van der Waals surface area contributed by atoms with Crippen LogP contribution in [0.2, 0.25) is 0 Å². The van der Waals surface area contributed by atoms with Crippen molar-refractivity contribution in [3.63, 3.8) is 0 Å². The molecule has 0 radical (unpaired) electrons. The van der Waals surface area contributed by atoms with Crippen molar-refractivity contribution in [1.29, 1.82) is 0 Å². The van der Waals surface area contributed by atoms with Gasteiger partial charge in [-0.2, -0.15) is 0 Å². The van der Waals surface area contributed by atoms with E-state index in [1.54, 1.807) is 6.21 Å². The molecular formula is C24H33NO4S. The van der Waals surface area contributed by atoms with Crippen LogP contribution < -0.4 is 9.47 Å². The third kappa shape index (κ3) is 5.72. The maximum absolute atomic E-state index is 14.1. The van der Waals surface area contributed by atoms with E-state index in [0.29, 0.717) is 12.4 Å². The second-order valence-corrected chi connectivity index (χ2v) is 12.4. The molecule has 0 aromatic heterocycles. The van der Waals surface area contributed by atoms with Crippen molar-refractivity contribution in [3.05, 3.63) is 65.2 Å². The van der Waals surface area contributed by atoms with Gasteiger partial charge in [0.2, 0.25) is 0 Å². The summed E-state index contributed by atoms with van der Waals surface area (Å²) in [5, 5.41) is 3.76. The summed E-state index contributed by atoms with van der Waals surface area (Å²) in [6.07, 6.45) is 7.34. The number of oxime groups is 1. The van der Waals surface area contributed by atoms with Gasteiger partial charge in [0.25, 0.3) is 0 Å². The normalized spacial score (nSPS) is 13.3. The van der Waals surface area contributed by atoms with Crippen molar-refractivity contribution >= 4 is 15.3 Å². The molecule has 164 valence electrons. The number of hydrogen-bond donors (Lipinski definition) is 0. The first-order chi connectivity index (χ1) is 14.2. The van der Waals surface area contributed by atoms with Gasteiger partial charge in [-0.1, -0.05) is 36.4 Å². The molecule has 0 fully saturated rings. The minimum atomic E-state index is -3.21. The zero-order valence-electron chi connectivity index (χ0n) is 18.8. The molecule has 0 N–H and O–H groups in total. The van der Waals surface area contributed by atoms with Crippen LogP contribution in [-0.2, 0) is 13.9 Å². The van der Waals surface area contributed by atoms with E-state index in [9.17, 15) is 4.21 Å². The molecule has 2 aromatic rings. The van der Waals surface area contributed by atoms with Crippen molar-refractivity contribution in [2.24, 2.45) is 5.16 Å². The van der Waals surface area contributed by atoms with Crippen molar-refractivity contribution in [2.75, 3.05) is 31.7 Å². The average molecular weight is 432 g/mol. The maximum atomic E-state index is 14.1. The Morgan fingerprint density at radius 1 is 1.07 bits per heavy atom. The predicted octanol–water partition coefficient (Wildman–Crippen LogP) is 5.10. The topological polar surface area (TPSA) is 57.1 Å². The van der Waals surface area contributed by atoms with Crippen molar-refractivity contribution < 1.29 is 18.5 Å². The highest BCUT2D eigenvalue weighted by Crippen LogP contribution is 2.36. The Morgan fingerprint density at radius 2 is 1.70 bits per heavy atom. The third-order valence-electron chi connectivity index (χ3n) is 5.13. The van der Waals surface area contributed by atoms with E-state index in [1.165, 1.54) is 7.11 Å².